The Balaban J connectivity index is 2.21. The lowest BCUT2D eigenvalue weighted by Gasteiger charge is -2.04. The maximum atomic E-state index is 11.5. The van der Waals surface area contributed by atoms with Gasteiger partial charge >= 0.3 is 5.97 Å². The number of aliphatic carboxylic acids is 1. The molecule has 6 nitrogen and oxygen atoms in total. The molecule has 0 amide bonds. The third-order valence-corrected chi connectivity index (χ3v) is 2.98. The van der Waals surface area contributed by atoms with E-state index in [4.69, 9.17) is 5.11 Å². The third-order valence-electron chi connectivity index (χ3n) is 2.98. The Kier molecular flexibility index (Phi) is 4.24. The van der Waals surface area contributed by atoms with Gasteiger partial charge in [-0.1, -0.05) is 4.68 Å². The number of carbonyl (C=O) groups is 1. The first-order valence-corrected chi connectivity index (χ1v) is 6.38. The summed E-state index contributed by atoms with van der Waals surface area (Å²) in [5.74, 6) is -0.849. The zero-order valence-corrected chi connectivity index (χ0v) is 11.2. The first-order valence-electron chi connectivity index (χ1n) is 6.38. The van der Waals surface area contributed by atoms with E-state index in [0.717, 1.165) is 11.1 Å². The van der Waals surface area contributed by atoms with Gasteiger partial charge in [0.15, 0.2) is 12.7 Å². The molecule has 0 aliphatic heterocycles. The van der Waals surface area contributed by atoms with Crippen LogP contribution in [0.3, 0.4) is 0 Å². The minimum Gasteiger partial charge on any atom is -0.481 e. The van der Waals surface area contributed by atoms with Crippen molar-refractivity contribution >= 4 is 5.97 Å². The van der Waals surface area contributed by atoms with Gasteiger partial charge in [0.25, 0.3) is 5.56 Å². The molecule has 0 radical (unpaired) electrons. The maximum Gasteiger partial charge on any atom is 0.309 e. The molecule has 2 heterocycles. The van der Waals surface area contributed by atoms with Crippen LogP contribution in [0.5, 0.6) is 0 Å². The number of carboxylic acids is 1. The van der Waals surface area contributed by atoms with E-state index in [1.165, 1.54) is 6.07 Å². The molecular formula is C14H16N3O3+. The number of nitrogens with zero attached hydrogens (tertiary/aromatic N) is 3. The van der Waals surface area contributed by atoms with Crippen molar-refractivity contribution in [3.63, 3.8) is 0 Å². The van der Waals surface area contributed by atoms with Crippen molar-refractivity contribution in [3.8, 4) is 11.1 Å². The van der Waals surface area contributed by atoms with Crippen molar-refractivity contribution in [2.75, 3.05) is 0 Å². The van der Waals surface area contributed by atoms with E-state index in [-0.39, 0.29) is 12.0 Å². The molecule has 104 valence electrons. The zero-order valence-electron chi connectivity index (χ0n) is 11.2. The van der Waals surface area contributed by atoms with E-state index < -0.39 is 5.97 Å². The number of aromatic nitrogens is 3. The highest BCUT2D eigenvalue weighted by molar-refractivity contribution is 5.66. The Labute approximate surface area is 115 Å². The van der Waals surface area contributed by atoms with Gasteiger partial charge in [-0.3, -0.25) is 9.59 Å². The first kappa shape index (κ1) is 13.9. The molecule has 0 aliphatic rings. The Morgan fingerprint density at radius 3 is 2.75 bits per heavy atom. The Bertz CT molecular complexity index is 662. The molecule has 2 rings (SSSR count). The van der Waals surface area contributed by atoms with E-state index in [2.05, 4.69) is 5.10 Å². The van der Waals surface area contributed by atoms with Gasteiger partial charge in [0, 0.05) is 36.0 Å². The largest absolute Gasteiger partial charge is 0.481 e. The van der Waals surface area contributed by atoms with Crippen molar-refractivity contribution in [3.05, 3.63) is 47.1 Å². The highest BCUT2D eigenvalue weighted by atomic mass is 16.4. The minimum atomic E-state index is -0.849. The topological polar surface area (TPSA) is 76.1 Å². The summed E-state index contributed by atoms with van der Waals surface area (Å²) in [4.78, 5) is 22.0. The average Bonchev–Trinajstić information content (AvgIpc) is 2.46. The fourth-order valence-electron chi connectivity index (χ4n) is 1.85. The molecule has 0 spiro atoms. The SMILES string of the molecule is CCn1cc(-c2cc[n+](CCC(=O)O)nc2)ccc1=O. The van der Waals surface area contributed by atoms with E-state index in [1.54, 1.807) is 33.9 Å². The minimum absolute atomic E-state index is 0.0309. The number of hydrogen-bond donors (Lipinski definition) is 1. The van der Waals surface area contributed by atoms with Crippen molar-refractivity contribution in [2.24, 2.45) is 0 Å². The molecule has 1 N–H and O–H groups in total. The molecule has 0 bridgehead atoms. The molecule has 0 atom stereocenters. The van der Waals surface area contributed by atoms with Crippen LogP contribution in [0, 0.1) is 0 Å². The lowest BCUT2D eigenvalue weighted by molar-refractivity contribution is -0.752. The van der Waals surface area contributed by atoms with Crippen molar-refractivity contribution in [2.45, 2.75) is 26.4 Å². The summed E-state index contributed by atoms with van der Waals surface area (Å²) >= 11 is 0. The summed E-state index contributed by atoms with van der Waals surface area (Å²) in [5, 5.41) is 12.8. The highest BCUT2D eigenvalue weighted by Gasteiger charge is 2.08. The van der Waals surface area contributed by atoms with Crippen LogP contribution < -0.4 is 10.2 Å². The van der Waals surface area contributed by atoms with E-state index >= 15 is 0 Å². The van der Waals surface area contributed by atoms with Crippen LogP contribution in [0.15, 0.2) is 41.6 Å². The fraction of sp³-hybridized carbons (Fsp3) is 0.286. The van der Waals surface area contributed by atoms with Crippen LogP contribution in [-0.4, -0.2) is 20.7 Å². The monoisotopic (exact) mass is 274 g/mol. The van der Waals surface area contributed by atoms with Gasteiger partial charge in [0.05, 0.1) is 0 Å². The summed E-state index contributed by atoms with van der Waals surface area (Å²) in [7, 11) is 0. The standard InChI is InChI=1S/C14H15N3O3/c1-2-16-10-12(3-4-13(16)18)11-5-7-17(15-9-11)8-6-14(19)20/h3-5,7,9-10H,2,6,8H2,1H3/p+1. The number of carboxylic acid groups (broad SMARTS) is 1. The maximum absolute atomic E-state index is 11.5. The second kappa shape index (κ2) is 6.10. The second-order valence-corrected chi connectivity index (χ2v) is 4.36. The second-order valence-electron chi connectivity index (χ2n) is 4.36. The molecule has 0 saturated heterocycles. The van der Waals surface area contributed by atoms with Gasteiger partial charge in [-0.25, -0.2) is 0 Å². The van der Waals surface area contributed by atoms with Crippen molar-refractivity contribution in [1.29, 1.82) is 0 Å². The summed E-state index contributed by atoms with van der Waals surface area (Å²) in [6.07, 6.45) is 5.24. The predicted molar refractivity (Wildman–Crippen MR) is 72.1 cm³/mol. The summed E-state index contributed by atoms with van der Waals surface area (Å²) in [6, 6.07) is 5.14. The molecule has 0 unspecified atom stereocenters. The summed E-state index contributed by atoms with van der Waals surface area (Å²) in [5.41, 5.74) is 1.76. The van der Waals surface area contributed by atoms with Crippen LogP contribution in [0.25, 0.3) is 11.1 Å². The molecular weight excluding hydrogens is 258 g/mol. The lowest BCUT2D eigenvalue weighted by atomic mass is 10.1. The molecule has 0 saturated carbocycles. The molecule has 2 aromatic rings. The number of pyridine rings is 1. The van der Waals surface area contributed by atoms with E-state index in [9.17, 15) is 9.59 Å². The summed E-state index contributed by atoms with van der Waals surface area (Å²) < 4.78 is 3.20. The zero-order chi connectivity index (χ0) is 14.5. The molecule has 20 heavy (non-hydrogen) atoms. The smallest absolute Gasteiger partial charge is 0.309 e. The van der Waals surface area contributed by atoms with Gasteiger partial charge in [-0.15, -0.1) is 0 Å². The molecule has 0 aromatic carbocycles. The van der Waals surface area contributed by atoms with Crippen LogP contribution in [-0.2, 0) is 17.9 Å². The van der Waals surface area contributed by atoms with Crippen LogP contribution >= 0.6 is 0 Å². The average molecular weight is 274 g/mol. The predicted octanol–water partition coefficient (Wildman–Crippen LogP) is 0.692. The normalized spacial score (nSPS) is 10.4. The van der Waals surface area contributed by atoms with Crippen LogP contribution in [0.1, 0.15) is 13.3 Å². The number of aryl methyl sites for hydroxylation is 2. The van der Waals surface area contributed by atoms with E-state index in [0.29, 0.717) is 13.1 Å². The van der Waals surface area contributed by atoms with Gasteiger partial charge < -0.3 is 9.67 Å². The molecule has 0 fully saturated rings. The Hall–Kier alpha value is -2.50. The van der Waals surface area contributed by atoms with Crippen LogP contribution in [0.2, 0.25) is 0 Å². The van der Waals surface area contributed by atoms with Gasteiger partial charge in [-0.05, 0) is 18.1 Å². The lowest BCUT2D eigenvalue weighted by Crippen LogP contribution is -2.38. The molecule has 6 heteroatoms. The fourth-order valence-corrected chi connectivity index (χ4v) is 1.85. The van der Waals surface area contributed by atoms with Crippen molar-refractivity contribution in [1.82, 2.24) is 9.67 Å². The number of rotatable bonds is 5. The Morgan fingerprint density at radius 1 is 1.35 bits per heavy atom. The first-order chi connectivity index (χ1) is 9.60. The highest BCUT2D eigenvalue weighted by Crippen LogP contribution is 2.14. The van der Waals surface area contributed by atoms with Gasteiger partial charge in [-0.2, -0.15) is 0 Å². The molecule has 2 aromatic heterocycles. The van der Waals surface area contributed by atoms with Crippen LogP contribution in [0.4, 0.5) is 0 Å². The van der Waals surface area contributed by atoms with Crippen molar-refractivity contribution < 1.29 is 14.6 Å². The van der Waals surface area contributed by atoms with E-state index in [1.807, 2.05) is 13.0 Å². The van der Waals surface area contributed by atoms with Gasteiger partial charge in [0.1, 0.15) is 12.6 Å². The summed E-state index contributed by atoms with van der Waals surface area (Å²) in [6.45, 7) is 2.86. The Morgan fingerprint density at radius 2 is 2.15 bits per heavy atom. The quantitative estimate of drug-likeness (QED) is 0.814. The number of hydrogen-bond acceptors (Lipinski definition) is 3. The van der Waals surface area contributed by atoms with Gasteiger partial charge in [0.2, 0.25) is 0 Å². The third kappa shape index (κ3) is 3.28. The molecule has 0 aliphatic carbocycles.